The molecular formula is C8H7NO3. The fourth-order valence-corrected chi connectivity index (χ4v) is 0.626. The minimum Gasteiger partial charge on any atom is -0.465 e. The summed E-state index contributed by atoms with van der Waals surface area (Å²) in [7, 11) is 0. The van der Waals surface area contributed by atoms with E-state index in [9.17, 15) is 9.59 Å². The van der Waals surface area contributed by atoms with Gasteiger partial charge in [-0.3, -0.25) is 9.59 Å². The van der Waals surface area contributed by atoms with E-state index in [1.165, 1.54) is 12.3 Å². The van der Waals surface area contributed by atoms with Crippen LogP contribution < -0.4 is 5.73 Å². The second-order valence-corrected chi connectivity index (χ2v) is 2.08. The Morgan fingerprint density at radius 1 is 1.50 bits per heavy atom. The number of carbonyl (C=O) groups is 2. The monoisotopic (exact) mass is 165 g/mol. The van der Waals surface area contributed by atoms with Crippen molar-refractivity contribution in [3.63, 3.8) is 0 Å². The Labute approximate surface area is 68.7 Å². The van der Waals surface area contributed by atoms with Gasteiger partial charge in [0.15, 0.2) is 0 Å². The maximum atomic E-state index is 10.6. The van der Waals surface area contributed by atoms with Crippen LogP contribution in [0.3, 0.4) is 0 Å². The number of furan rings is 1. The summed E-state index contributed by atoms with van der Waals surface area (Å²) in [6.45, 7) is 0. The molecule has 0 aliphatic carbocycles. The number of rotatable bonds is 3. The predicted molar refractivity (Wildman–Crippen MR) is 41.9 cm³/mol. The minimum atomic E-state index is -0.974. The van der Waals surface area contributed by atoms with Gasteiger partial charge in [0.2, 0.25) is 5.78 Å². The first kappa shape index (κ1) is 8.26. The van der Waals surface area contributed by atoms with E-state index < -0.39 is 11.7 Å². The Bertz CT molecular complexity index is 311. The number of carbonyl (C=O) groups excluding carboxylic acids is 2. The van der Waals surface area contributed by atoms with E-state index in [1.807, 2.05) is 0 Å². The summed E-state index contributed by atoms with van der Waals surface area (Å²) in [4.78, 5) is 20.9. The molecule has 4 heteroatoms. The fraction of sp³-hybridized carbons (Fsp3) is 0. The third-order valence-corrected chi connectivity index (χ3v) is 1.19. The largest absolute Gasteiger partial charge is 0.465 e. The van der Waals surface area contributed by atoms with Crippen LogP contribution in [0.25, 0.3) is 6.08 Å². The normalized spacial score (nSPS) is 10.3. The zero-order chi connectivity index (χ0) is 8.97. The maximum Gasteiger partial charge on any atom is 0.289 e. The van der Waals surface area contributed by atoms with Gasteiger partial charge in [-0.15, -0.1) is 0 Å². The molecule has 0 atom stereocenters. The zero-order valence-corrected chi connectivity index (χ0v) is 6.19. The van der Waals surface area contributed by atoms with Gasteiger partial charge in [0.1, 0.15) is 5.76 Å². The zero-order valence-electron chi connectivity index (χ0n) is 6.19. The van der Waals surface area contributed by atoms with Gasteiger partial charge in [-0.1, -0.05) is 0 Å². The Kier molecular flexibility index (Phi) is 2.42. The molecule has 1 aromatic rings. The van der Waals surface area contributed by atoms with Crippen molar-refractivity contribution in [3.05, 3.63) is 30.2 Å². The molecule has 1 aromatic heterocycles. The lowest BCUT2D eigenvalue weighted by Crippen LogP contribution is -2.20. The molecule has 0 unspecified atom stereocenters. The van der Waals surface area contributed by atoms with Gasteiger partial charge in [0.05, 0.1) is 6.26 Å². The topological polar surface area (TPSA) is 73.3 Å². The van der Waals surface area contributed by atoms with Crippen molar-refractivity contribution in [2.75, 3.05) is 0 Å². The van der Waals surface area contributed by atoms with Gasteiger partial charge in [-0.2, -0.15) is 0 Å². The molecule has 1 heterocycles. The fourth-order valence-electron chi connectivity index (χ4n) is 0.626. The summed E-state index contributed by atoms with van der Waals surface area (Å²) in [5, 5.41) is 0. The summed E-state index contributed by atoms with van der Waals surface area (Å²) in [5.41, 5.74) is 4.71. The number of primary amides is 1. The Morgan fingerprint density at radius 3 is 2.75 bits per heavy atom. The highest BCUT2D eigenvalue weighted by Crippen LogP contribution is 2.01. The quantitative estimate of drug-likeness (QED) is 0.518. The molecule has 12 heavy (non-hydrogen) atoms. The van der Waals surface area contributed by atoms with Crippen LogP contribution >= 0.6 is 0 Å². The lowest BCUT2D eigenvalue weighted by atomic mass is 10.3. The lowest BCUT2D eigenvalue weighted by molar-refractivity contribution is -0.133. The molecule has 0 saturated carbocycles. The summed E-state index contributed by atoms with van der Waals surface area (Å²) in [6, 6.07) is 3.33. The molecule has 0 aliphatic rings. The molecule has 0 aromatic carbocycles. The Hall–Kier alpha value is -1.84. The molecule has 0 fully saturated rings. The first-order valence-electron chi connectivity index (χ1n) is 3.25. The van der Waals surface area contributed by atoms with Crippen LogP contribution in [-0.2, 0) is 9.59 Å². The summed E-state index contributed by atoms with van der Waals surface area (Å²) in [6.07, 6.45) is 3.92. The van der Waals surface area contributed by atoms with E-state index in [1.54, 1.807) is 12.1 Å². The van der Waals surface area contributed by atoms with Crippen molar-refractivity contribution in [3.8, 4) is 0 Å². The average Bonchev–Trinajstić information content (AvgIpc) is 2.51. The second kappa shape index (κ2) is 3.52. The Morgan fingerprint density at radius 2 is 2.25 bits per heavy atom. The van der Waals surface area contributed by atoms with E-state index in [4.69, 9.17) is 10.2 Å². The molecule has 1 amide bonds. The molecule has 0 radical (unpaired) electrons. The lowest BCUT2D eigenvalue weighted by Gasteiger charge is -1.83. The Balaban J connectivity index is 2.63. The SMILES string of the molecule is NC(=O)C(=O)/C=C/c1ccco1. The van der Waals surface area contributed by atoms with Crippen LogP contribution in [0.4, 0.5) is 0 Å². The number of ketones is 1. The smallest absolute Gasteiger partial charge is 0.289 e. The summed E-state index contributed by atoms with van der Waals surface area (Å²) in [5.74, 6) is -1.21. The van der Waals surface area contributed by atoms with E-state index >= 15 is 0 Å². The standard InChI is InChI=1S/C8H7NO3/c9-8(11)7(10)4-3-6-2-1-5-12-6/h1-5H,(H2,9,11)/b4-3+. The van der Waals surface area contributed by atoms with Crippen molar-refractivity contribution in [1.82, 2.24) is 0 Å². The minimum absolute atomic E-state index is 0.504. The van der Waals surface area contributed by atoms with Crippen LogP contribution in [0.2, 0.25) is 0 Å². The highest BCUT2D eigenvalue weighted by Gasteiger charge is 2.02. The van der Waals surface area contributed by atoms with Crippen LogP contribution in [0.5, 0.6) is 0 Å². The van der Waals surface area contributed by atoms with Gasteiger partial charge in [0.25, 0.3) is 5.91 Å². The van der Waals surface area contributed by atoms with Crippen LogP contribution in [-0.4, -0.2) is 11.7 Å². The highest BCUT2D eigenvalue weighted by atomic mass is 16.3. The summed E-state index contributed by atoms with van der Waals surface area (Å²) >= 11 is 0. The molecule has 4 nitrogen and oxygen atoms in total. The first-order chi connectivity index (χ1) is 5.70. The molecular weight excluding hydrogens is 158 g/mol. The molecule has 62 valence electrons. The highest BCUT2D eigenvalue weighted by molar-refractivity contribution is 6.40. The maximum absolute atomic E-state index is 10.6. The van der Waals surface area contributed by atoms with Crippen LogP contribution in [0, 0.1) is 0 Å². The first-order valence-corrected chi connectivity index (χ1v) is 3.25. The van der Waals surface area contributed by atoms with E-state index in [-0.39, 0.29) is 0 Å². The van der Waals surface area contributed by atoms with Gasteiger partial charge in [-0.25, -0.2) is 0 Å². The van der Waals surface area contributed by atoms with Crippen molar-refractivity contribution in [2.45, 2.75) is 0 Å². The molecule has 2 N–H and O–H groups in total. The third-order valence-electron chi connectivity index (χ3n) is 1.19. The van der Waals surface area contributed by atoms with Crippen LogP contribution in [0.1, 0.15) is 5.76 Å². The van der Waals surface area contributed by atoms with E-state index in [0.29, 0.717) is 5.76 Å². The predicted octanol–water partition coefficient (Wildman–Crippen LogP) is 0.347. The third kappa shape index (κ3) is 2.09. The van der Waals surface area contributed by atoms with Gasteiger partial charge in [0, 0.05) is 0 Å². The number of nitrogens with two attached hydrogens (primary N) is 1. The molecule has 0 bridgehead atoms. The van der Waals surface area contributed by atoms with Gasteiger partial charge < -0.3 is 10.2 Å². The van der Waals surface area contributed by atoms with E-state index in [0.717, 1.165) is 6.08 Å². The van der Waals surface area contributed by atoms with E-state index in [2.05, 4.69) is 0 Å². The van der Waals surface area contributed by atoms with Crippen molar-refractivity contribution in [2.24, 2.45) is 5.73 Å². The second-order valence-electron chi connectivity index (χ2n) is 2.08. The number of amides is 1. The average molecular weight is 165 g/mol. The number of hydrogen-bond acceptors (Lipinski definition) is 3. The van der Waals surface area contributed by atoms with Crippen molar-refractivity contribution >= 4 is 17.8 Å². The molecule has 0 saturated heterocycles. The molecule has 0 spiro atoms. The molecule has 0 aliphatic heterocycles. The van der Waals surface area contributed by atoms with Gasteiger partial charge in [-0.05, 0) is 24.3 Å². The molecule has 1 rings (SSSR count). The van der Waals surface area contributed by atoms with Gasteiger partial charge >= 0.3 is 0 Å². The summed E-state index contributed by atoms with van der Waals surface area (Å²) < 4.78 is 4.87. The number of hydrogen-bond donors (Lipinski definition) is 1. The van der Waals surface area contributed by atoms with Crippen molar-refractivity contribution < 1.29 is 14.0 Å². The van der Waals surface area contributed by atoms with Crippen LogP contribution in [0.15, 0.2) is 28.9 Å². The van der Waals surface area contributed by atoms with Crippen molar-refractivity contribution in [1.29, 1.82) is 0 Å².